The van der Waals surface area contributed by atoms with Crippen LogP contribution in [0.3, 0.4) is 0 Å². The van der Waals surface area contributed by atoms with Crippen LogP contribution in [-0.4, -0.2) is 34.5 Å². The van der Waals surface area contributed by atoms with E-state index in [-0.39, 0.29) is 6.04 Å². The molecule has 5 atom stereocenters. The number of para-hydroxylation sites is 1. The number of fused-ring (bicyclic) bond motifs is 9. The van der Waals surface area contributed by atoms with Crippen LogP contribution in [0.2, 0.25) is 0 Å². The number of hydrogen-bond donors (Lipinski definition) is 4. The number of nitrogens with one attached hydrogen (secondary N) is 2. The SMILES string of the molecule is COc1c(B(O)O)cccc1[C@@H]1Nc2ccc3[nH]ncc3c2[C@@H]2[C@H]1[C@@H]1C=C[C@@H]2C1. The summed E-state index contributed by atoms with van der Waals surface area (Å²) in [6, 6.07) is 9.85. The molecule has 2 aromatic carbocycles. The number of H-pyrrole nitrogens is 1. The highest BCUT2D eigenvalue weighted by atomic mass is 16.5. The van der Waals surface area contributed by atoms with Crippen molar-refractivity contribution in [1.82, 2.24) is 10.2 Å². The van der Waals surface area contributed by atoms with Gasteiger partial charge in [0.1, 0.15) is 5.75 Å². The second-order valence-corrected chi connectivity index (χ2v) is 8.37. The molecule has 6 rings (SSSR count). The highest BCUT2D eigenvalue weighted by Gasteiger charge is 2.52. The molecule has 4 N–H and O–H groups in total. The van der Waals surface area contributed by atoms with Crippen molar-refractivity contribution in [2.45, 2.75) is 18.4 Å². The number of anilines is 1. The van der Waals surface area contributed by atoms with E-state index in [1.165, 1.54) is 10.9 Å². The maximum Gasteiger partial charge on any atom is 0.492 e. The van der Waals surface area contributed by atoms with Gasteiger partial charge in [-0.1, -0.05) is 30.4 Å². The van der Waals surface area contributed by atoms with Gasteiger partial charge in [0, 0.05) is 22.1 Å². The average molecular weight is 387 g/mol. The third-order valence-electron chi connectivity index (χ3n) is 7.11. The van der Waals surface area contributed by atoms with Gasteiger partial charge in [-0.15, -0.1) is 0 Å². The Morgan fingerprint density at radius 2 is 2.00 bits per heavy atom. The Hall–Kier alpha value is -2.77. The van der Waals surface area contributed by atoms with E-state index >= 15 is 0 Å². The summed E-state index contributed by atoms with van der Waals surface area (Å²) in [6.07, 6.45) is 7.83. The minimum atomic E-state index is -1.57. The first kappa shape index (κ1) is 17.1. The summed E-state index contributed by atoms with van der Waals surface area (Å²) in [6.45, 7) is 0. The van der Waals surface area contributed by atoms with E-state index in [1.807, 2.05) is 18.3 Å². The van der Waals surface area contributed by atoms with E-state index in [2.05, 4.69) is 39.8 Å². The van der Waals surface area contributed by atoms with Crippen LogP contribution in [0.15, 0.2) is 48.7 Å². The number of aromatic nitrogens is 2. The van der Waals surface area contributed by atoms with E-state index in [9.17, 15) is 10.0 Å². The van der Waals surface area contributed by atoms with Crippen molar-refractivity contribution in [2.75, 3.05) is 12.4 Å². The van der Waals surface area contributed by atoms with Gasteiger partial charge in [0.05, 0.1) is 24.9 Å². The van der Waals surface area contributed by atoms with Crippen LogP contribution < -0.4 is 15.5 Å². The van der Waals surface area contributed by atoms with Gasteiger partial charge < -0.3 is 20.1 Å². The van der Waals surface area contributed by atoms with Gasteiger partial charge in [-0.05, 0) is 47.8 Å². The lowest BCUT2D eigenvalue weighted by Crippen LogP contribution is -2.37. The standard InChI is InChI=1S/C22H22BN3O3/c1-29-22-13(3-2-4-15(22)23(27)28)21-19-12-6-5-11(9-12)18(19)20-14-10-24-26-16(14)7-8-17(20)25-21/h2-8,10-12,18-19,21,25,27-28H,9H2,1H3,(H,24,26)/t11-,12-,18+,19-,21+/m1/s1. The van der Waals surface area contributed by atoms with Crippen molar-refractivity contribution in [1.29, 1.82) is 0 Å². The van der Waals surface area contributed by atoms with Crippen molar-refractivity contribution in [3.05, 3.63) is 59.8 Å². The molecule has 6 nitrogen and oxygen atoms in total. The Kier molecular flexibility index (Phi) is 3.61. The highest BCUT2D eigenvalue weighted by Crippen LogP contribution is 2.62. The summed E-state index contributed by atoms with van der Waals surface area (Å²) in [5.74, 6) is 2.34. The molecule has 1 fully saturated rings. The van der Waals surface area contributed by atoms with E-state index in [0.717, 1.165) is 23.2 Å². The number of nitrogens with zero attached hydrogens (tertiary/aromatic N) is 1. The molecule has 2 bridgehead atoms. The number of aromatic amines is 1. The molecular weight excluding hydrogens is 365 g/mol. The molecule has 0 saturated heterocycles. The predicted molar refractivity (Wildman–Crippen MR) is 112 cm³/mol. The van der Waals surface area contributed by atoms with Crippen molar-refractivity contribution in [3.63, 3.8) is 0 Å². The molecule has 3 aromatic rings. The van der Waals surface area contributed by atoms with Gasteiger partial charge >= 0.3 is 7.12 Å². The summed E-state index contributed by atoms with van der Waals surface area (Å²) in [4.78, 5) is 0. The Balaban J connectivity index is 1.56. The first-order chi connectivity index (χ1) is 14.2. The molecule has 0 amide bonds. The maximum absolute atomic E-state index is 9.84. The Morgan fingerprint density at radius 3 is 2.83 bits per heavy atom. The molecule has 0 unspecified atom stereocenters. The Labute approximate surface area is 168 Å². The summed E-state index contributed by atoms with van der Waals surface area (Å²) in [7, 11) is 0.0244. The van der Waals surface area contributed by atoms with Gasteiger partial charge in [0.2, 0.25) is 0 Å². The predicted octanol–water partition coefficient (Wildman–Crippen LogP) is 2.32. The van der Waals surface area contributed by atoms with E-state index in [1.54, 1.807) is 13.2 Å². The topological polar surface area (TPSA) is 90.4 Å². The number of allylic oxidation sites excluding steroid dienone is 2. The molecule has 0 radical (unpaired) electrons. The number of ether oxygens (including phenoxy) is 1. The third kappa shape index (κ3) is 2.28. The molecule has 1 aromatic heterocycles. The van der Waals surface area contributed by atoms with Crippen LogP contribution in [-0.2, 0) is 0 Å². The fourth-order valence-electron chi connectivity index (χ4n) is 6.05. The van der Waals surface area contributed by atoms with Crippen LogP contribution in [0.1, 0.15) is 29.5 Å². The number of benzene rings is 2. The Morgan fingerprint density at radius 1 is 1.14 bits per heavy atom. The largest absolute Gasteiger partial charge is 0.497 e. The van der Waals surface area contributed by atoms with E-state index < -0.39 is 7.12 Å². The van der Waals surface area contributed by atoms with E-state index in [0.29, 0.717) is 34.9 Å². The molecule has 2 heterocycles. The van der Waals surface area contributed by atoms with Gasteiger partial charge in [0.15, 0.2) is 0 Å². The molecule has 1 aliphatic heterocycles. The summed E-state index contributed by atoms with van der Waals surface area (Å²) < 4.78 is 5.67. The molecule has 1 saturated carbocycles. The minimum Gasteiger partial charge on any atom is -0.497 e. The lowest BCUT2D eigenvalue weighted by atomic mass is 9.68. The second-order valence-electron chi connectivity index (χ2n) is 8.37. The molecule has 7 heteroatoms. The lowest BCUT2D eigenvalue weighted by Gasteiger charge is -2.42. The average Bonchev–Trinajstić information content (AvgIpc) is 3.48. The molecule has 146 valence electrons. The van der Waals surface area contributed by atoms with Crippen molar-refractivity contribution < 1.29 is 14.8 Å². The zero-order chi connectivity index (χ0) is 19.7. The third-order valence-corrected chi connectivity index (χ3v) is 7.11. The van der Waals surface area contributed by atoms with Gasteiger partial charge in [-0.25, -0.2) is 0 Å². The zero-order valence-electron chi connectivity index (χ0n) is 16.0. The Bertz CT molecular complexity index is 1140. The molecule has 0 spiro atoms. The smallest absolute Gasteiger partial charge is 0.492 e. The fraction of sp³-hybridized carbons (Fsp3) is 0.318. The number of rotatable bonds is 3. The van der Waals surface area contributed by atoms with Crippen LogP contribution in [0.5, 0.6) is 5.75 Å². The van der Waals surface area contributed by atoms with Gasteiger partial charge in [-0.3, -0.25) is 5.10 Å². The lowest BCUT2D eigenvalue weighted by molar-refractivity contribution is 0.324. The second kappa shape index (κ2) is 6.11. The van der Waals surface area contributed by atoms with E-state index in [4.69, 9.17) is 4.74 Å². The first-order valence-electron chi connectivity index (χ1n) is 10.1. The van der Waals surface area contributed by atoms with Gasteiger partial charge in [0.25, 0.3) is 0 Å². The van der Waals surface area contributed by atoms with Crippen LogP contribution >= 0.6 is 0 Å². The molecular formula is C22H22BN3O3. The first-order valence-corrected chi connectivity index (χ1v) is 10.1. The summed E-state index contributed by atoms with van der Waals surface area (Å²) in [5.41, 5.74) is 4.93. The maximum atomic E-state index is 9.84. The molecule has 2 aliphatic carbocycles. The summed E-state index contributed by atoms with van der Waals surface area (Å²) in [5, 5.41) is 32.0. The van der Waals surface area contributed by atoms with Crippen LogP contribution in [0.25, 0.3) is 10.9 Å². The molecule has 29 heavy (non-hydrogen) atoms. The number of methoxy groups -OCH3 is 1. The van der Waals surface area contributed by atoms with Crippen LogP contribution in [0.4, 0.5) is 5.69 Å². The van der Waals surface area contributed by atoms with Gasteiger partial charge in [-0.2, -0.15) is 5.10 Å². The van der Waals surface area contributed by atoms with Crippen molar-refractivity contribution >= 4 is 29.2 Å². The fourth-order valence-corrected chi connectivity index (χ4v) is 6.05. The van der Waals surface area contributed by atoms with Crippen molar-refractivity contribution in [3.8, 4) is 5.75 Å². The highest BCUT2D eigenvalue weighted by molar-refractivity contribution is 6.59. The number of hydrogen-bond acceptors (Lipinski definition) is 5. The zero-order valence-corrected chi connectivity index (χ0v) is 16.0. The van der Waals surface area contributed by atoms with Crippen LogP contribution in [0, 0.1) is 17.8 Å². The quantitative estimate of drug-likeness (QED) is 0.409. The molecule has 3 aliphatic rings. The minimum absolute atomic E-state index is 0.0328. The van der Waals surface area contributed by atoms with Crippen molar-refractivity contribution in [2.24, 2.45) is 17.8 Å². The summed E-state index contributed by atoms with van der Waals surface area (Å²) >= 11 is 0. The normalized spacial score (nSPS) is 28.9. The monoisotopic (exact) mass is 387 g/mol.